The molecule has 0 nitrogen and oxygen atoms in total. The Morgan fingerprint density at radius 3 is 2.75 bits per heavy atom. The monoisotopic (exact) mass is 208 g/mol. The predicted molar refractivity (Wildman–Crippen MR) is 47.8 cm³/mol. The molecule has 0 aliphatic rings. The highest BCUT2D eigenvalue weighted by Crippen LogP contribution is 2.22. The first-order valence-corrected chi connectivity index (χ1v) is 4.90. The van der Waals surface area contributed by atoms with Crippen molar-refractivity contribution >= 4 is 23.4 Å². The molecule has 0 amide bonds. The zero-order valence-electron chi connectivity index (χ0n) is 6.19. The Kier molecular flexibility index (Phi) is 3.82. The van der Waals surface area contributed by atoms with Gasteiger partial charge in [-0.2, -0.15) is 0 Å². The number of halogens is 3. The van der Waals surface area contributed by atoms with Crippen molar-refractivity contribution in [2.75, 3.05) is 11.6 Å². The van der Waals surface area contributed by atoms with Gasteiger partial charge in [0.2, 0.25) is 0 Å². The first-order valence-electron chi connectivity index (χ1n) is 3.38. The summed E-state index contributed by atoms with van der Waals surface area (Å²) in [6.45, 7) is 0. The minimum absolute atomic E-state index is 0.315. The van der Waals surface area contributed by atoms with E-state index in [2.05, 4.69) is 0 Å². The van der Waals surface area contributed by atoms with Crippen LogP contribution in [-0.4, -0.2) is 11.6 Å². The molecule has 0 unspecified atom stereocenters. The van der Waals surface area contributed by atoms with E-state index in [0.29, 0.717) is 16.5 Å². The lowest BCUT2D eigenvalue weighted by atomic mass is 10.3. The van der Waals surface area contributed by atoms with E-state index in [0.717, 1.165) is 12.1 Å². The smallest absolute Gasteiger partial charge is 0.136 e. The number of thioether (sulfide) groups is 1. The van der Waals surface area contributed by atoms with E-state index in [-0.39, 0.29) is 0 Å². The third-order valence-corrected chi connectivity index (χ3v) is 2.67. The summed E-state index contributed by atoms with van der Waals surface area (Å²) in [6, 6.07) is 3.39. The zero-order valence-corrected chi connectivity index (χ0v) is 7.76. The molecule has 0 fully saturated rings. The number of rotatable bonds is 3. The summed E-state index contributed by atoms with van der Waals surface area (Å²) < 4.78 is 25.4. The third kappa shape index (κ3) is 2.64. The van der Waals surface area contributed by atoms with Gasteiger partial charge in [-0.1, -0.05) is 0 Å². The van der Waals surface area contributed by atoms with Gasteiger partial charge in [-0.3, -0.25) is 0 Å². The average Bonchev–Trinajstić information content (AvgIpc) is 2.07. The first-order chi connectivity index (χ1) is 5.74. The van der Waals surface area contributed by atoms with Crippen LogP contribution in [0.15, 0.2) is 23.1 Å². The van der Waals surface area contributed by atoms with Gasteiger partial charge in [-0.25, -0.2) is 8.78 Å². The fourth-order valence-electron chi connectivity index (χ4n) is 0.736. The van der Waals surface area contributed by atoms with E-state index >= 15 is 0 Å². The van der Waals surface area contributed by atoms with Crippen LogP contribution in [-0.2, 0) is 0 Å². The molecular formula is C8H7ClF2S. The highest BCUT2D eigenvalue weighted by molar-refractivity contribution is 7.99. The van der Waals surface area contributed by atoms with E-state index < -0.39 is 11.6 Å². The molecule has 1 rings (SSSR count). The normalized spacial score (nSPS) is 10.2. The van der Waals surface area contributed by atoms with E-state index in [1.807, 2.05) is 0 Å². The summed E-state index contributed by atoms with van der Waals surface area (Å²) in [4.78, 5) is 0.315. The first kappa shape index (κ1) is 9.81. The van der Waals surface area contributed by atoms with Gasteiger partial charge in [-0.15, -0.1) is 23.4 Å². The lowest BCUT2D eigenvalue weighted by molar-refractivity contribution is 0.577. The molecule has 4 heteroatoms. The highest BCUT2D eigenvalue weighted by Gasteiger charge is 2.02. The van der Waals surface area contributed by atoms with Gasteiger partial charge in [-0.05, 0) is 18.2 Å². The Balaban J connectivity index is 2.75. The number of hydrogen-bond donors (Lipinski definition) is 0. The molecule has 0 N–H and O–H groups in total. The summed E-state index contributed by atoms with van der Waals surface area (Å²) in [6.07, 6.45) is 0. The molecule has 66 valence electrons. The van der Waals surface area contributed by atoms with Crippen LogP contribution in [0, 0.1) is 11.6 Å². The standard InChI is InChI=1S/C8H7ClF2S/c9-3-4-12-8-5-6(10)1-2-7(8)11/h1-2,5H,3-4H2. The molecule has 0 saturated carbocycles. The molecule has 0 atom stereocenters. The molecular weight excluding hydrogens is 202 g/mol. The Hall–Kier alpha value is -0.280. The summed E-state index contributed by atoms with van der Waals surface area (Å²) in [5.74, 6) is 0.197. The van der Waals surface area contributed by atoms with E-state index in [4.69, 9.17) is 11.6 Å². The summed E-state index contributed by atoms with van der Waals surface area (Å²) >= 11 is 6.62. The van der Waals surface area contributed by atoms with Crippen LogP contribution < -0.4 is 0 Å². The Bertz CT molecular complexity index is 265. The SMILES string of the molecule is Fc1ccc(F)c(SCCCl)c1. The van der Waals surface area contributed by atoms with Crippen molar-refractivity contribution in [1.82, 2.24) is 0 Å². The van der Waals surface area contributed by atoms with Crippen LogP contribution in [0.5, 0.6) is 0 Å². The van der Waals surface area contributed by atoms with Crippen LogP contribution in [0.3, 0.4) is 0 Å². The maximum Gasteiger partial charge on any atom is 0.136 e. The molecule has 12 heavy (non-hydrogen) atoms. The fraction of sp³-hybridized carbons (Fsp3) is 0.250. The topological polar surface area (TPSA) is 0 Å². The van der Waals surface area contributed by atoms with E-state index in [1.165, 1.54) is 17.8 Å². The lowest BCUT2D eigenvalue weighted by Gasteiger charge is -2.00. The van der Waals surface area contributed by atoms with Gasteiger partial charge >= 0.3 is 0 Å². The number of hydrogen-bond acceptors (Lipinski definition) is 1. The molecule has 0 radical (unpaired) electrons. The highest BCUT2D eigenvalue weighted by atomic mass is 35.5. The molecule has 0 aliphatic heterocycles. The number of benzene rings is 1. The lowest BCUT2D eigenvalue weighted by Crippen LogP contribution is -1.86. The van der Waals surface area contributed by atoms with Crippen LogP contribution in [0.2, 0.25) is 0 Å². The van der Waals surface area contributed by atoms with Crippen molar-refractivity contribution in [2.24, 2.45) is 0 Å². The van der Waals surface area contributed by atoms with Crippen molar-refractivity contribution in [3.8, 4) is 0 Å². The van der Waals surface area contributed by atoms with Crippen LogP contribution in [0.4, 0.5) is 8.78 Å². The van der Waals surface area contributed by atoms with Crippen LogP contribution in [0.25, 0.3) is 0 Å². The molecule has 1 aromatic carbocycles. The third-order valence-electron chi connectivity index (χ3n) is 1.23. The van der Waals surface area contributed by atoms with Crippen molar-refractivity contribution in [1.29, 1.82) is 0 Å². The molecule has 0 heterocycles. The maximum atomic E-state index is 12.9. The minimum atomic E-state index is -0.423. The minimum Gasteiger partial charge on any atom is -0.207 e. The van der Waals surface area contributed by atoms with Crippen molar-refractivity contribution in [3.63, 3.8) is 0 Å². The van der Waals surface area contributed by atoms with Gasteiger partial charge in [0.1, 0.15) is 11.6 Å². The van der Waals surface area contributed by atoms with Crippen molar-refractivity contribution in [2.45, 2.75) is 4.90 Å². The van der Waals surface area contributed by atoms with Gasteiger partial charge in [0.05, 0.1) is 0 Å². The summed E-state index contributed by atoms with van der Waals surface area (Å²) in [5, 5.41) is 0. The second-order valence-electron chi connectivity index (χ2n) is 2.11. The van der Waals surface area contributed by atoms with Gasteiger partial charge < -0.3 is 0 Å². The Morgan fingerprint density at radius 1 is 1.33 bits per heavy atom. The van der Waals surface area contributed by atoms with Crippen molar-refractivity contribution < 1.29 is 8.78 Å². The van der Waals surface area contributed by atoms with Gasteiger partial charge in [0.15, 0.2) is 0 Å². The summed E-state index contributed by atoms with van der Waals surface area (Å²) in [5.41, 5.74) is 0. The second kappa shape index (κ2) is 4.67. The van der Waals surface area contributed by atoms with E-state index in [9.17, 15) is 8.78 Å². The zero-order chi connectivity index (χ0) is 8.97. The molecule has 0 aliphatic carbocycles. The van der Waals surface area contributed by atoms with Gasteiger partial charge in [0.25, 0.3) is 0 Å². The quantitative estimate of drug-likeness (QED) is 0.543. The second-order valence-corrected chi connectivity index (χ2v) is 3.63. The maximum absolute atomic E-state index is 12.9. The molecule has 1 aromatic rings. The molecule has 0 aromatic heterocycles. The van der Waals surface area contributed by atoms with Gasteiger partial charge in [0, 0.05) is 16.5 Å². The van der Waals surface area contributed by atoms with Crippen LogP contribution >= 0.6 is 23.4 Å². The Labute approximate surface area is 78.9 Å². The molecule has 0 bridgehead atoms. The van der Waals surface area contributed by atoms with E-state index in [1.54, 1.807) is 0 Å². The fourth-order valence-corrected chi connectivity index (χ4v) is 1.67. The average molecular weight is 209 g/mol. The largest absolute Gasteiger partial charge is 0.207 e. The van der Waals surface area contributed by atoms with Crippen LogP contribution in [0.1, 0.15) is 0 Å². The van der Waals surface area contributed by atoms with Crippen molar-refractivity contribution in [3.05, 3.63) is 29.8 Å². The number of alkyl halides is 1. The Morgan fingerprint density at radius 2 is 2.08 bits per heavy atom. The molecule has 0 spiro atoms. The predicted octanol–water partition coefficient (Wildman–Crippen LogP) is 3.30. The molecule has 0 saturated heterocycles. The summed E-state index contributed by atoms with van der Waals surface area (Å²) in [7, 11) is 0.